The van der Waals surface area contributed by atoms with Crippen molar-refractivity contribution in [1.29, 1.82) is 0 Å². The van der Waals surface area contributed by atoms with Crippen LogP contribution >= 0.6 is 0 Å². The second-order valence-corrected chi connectivity index (χ2v) is 13.2. The number of aryl methyl sites for hydroxylation is 2. The zero-order chi connectivity index (χ0) is 32.3. The van der Waals surface area contributed by atoms with Crippen LogP contribution in [0.2, 0.25) is 0 Å². The molecule has 1 heterocycles. The molecule has 0 saturated heterocycles. The number of rotatable bonds is 3. The SMILES string of the molecule is c1ccc(N2c3ccccc3CCc3cc(-c4c5ccccc5c(-c5ccc6c(ccc7ccccc76)c5)c5ccccc45)ccc32)cc1. The predicted octanol–water partition coefficient (Wildman–Crippen LogP) is 13.2. The summed E-state index contributed by atoms with van der Waals surface area (Å²) in [5.41, 5.74) is 11.6. The molecule has 230 valence electrons. The second-order valence-electron chi connectivity index (χ2n) is 13.2. The normalized spacial score (nSPS) is 12.7. The summed E-state index contributed by atoms with van der Waals surface area (Å²) in [6.07, 6.45) is 2.00. The number of hydrogen-bond donors (Lipinski definition) is 0. The van der Waals surface area contributed by atoms with E-state index in [1.165, 1.54) is 93.5 Å². The molecule has 1 heteroatoms. The molecule has 0 atom stereocenters. The van der Waals surface area contributed by atoms with Gasteiger partial charge in [-0.05, 0) is 126 Å². The molecular formula is C48H33N. The highest BCUT2D eigenvalue weighted by molar-refractivity contribution is 6.22. The minimum absolute atomic E-state index is 0.989. The molecule has 0 aliphatic carbocycles. The van der Waals surface area contributed by atoms with Crippen LogP contribution < -0.4 is 4.90 Å². The van der Waals surface area contributed by atoms with Gasteiger partial charge in [-0.1, -0.05) is 140 Å². The van der Waals surface area contributed by atoms with Crippen LogP contribution in [0.25, 0.3) is 65.3 Å². The molecule has 1 nitrogen and oxygen atoms in total. The molecule has 0 aromatic heterocycles. The van der Waals surface area contributed by atoms with Gasteiger partial charge in [-0.15, -0.1) is 0 Å². The average molecular weight is 624 g/mol. The van der Waals surface area contributed by atoms with Crippen molar-refractivity contribution in [2.75, 3.05) is 4.90 Å². The highest BCUT2D eigenvalue weighted by Crippen LogP contribution is 2.47. The molecule has 0 radical (unpaired) electrons. The van der Waals surface area contributed by atoms with Gasteiger partial charge in [0.2, 0.25) is 0 Å². The highest BCUT2D eigenvalue weighted by Gasteiger charge is 2.24. The Kier molecular flexibility index (Phi) is 6.38. The summed E-state index contributed by atoms with van der Waals surface area (Å²) in [5, 5.41) is 10.3. The third kappa shape index (κ3) is 4.47. The van der Waals surface area contributed by atoms with Crippen LogP contribution in [0.4, 0.5) is 17.1 Å². The zero-order valence-corrected chi connectivity index (χ0v) is 27.1. The predicted molar refractivity (Wildman–Crippen MR) is 209 cm³/mol. The molecule has 0 spiro atoms. The first-order chi connectivity index (χ1) is 24.3. The first kappa shape index (κ1) is 27.9. The smallest absolute Gasteiger partial charge is 0.0494 e. The molecule has 9 aromatic carbocycles. The van der Waals surface area contributed by atoms with Gasteiger partial charge in [0.05, 0.1) is 0 Å². The molecular weight excluding hydrogens is 591 g/mol. The first-order valence-corrected chi connectivity index (χ1v) is 17.2. The lowest BCUT2D eigenvalue weighted by molar-refractivity contribution is 0.978. The fourth-order valence-electron chi connectivity index (χ4n) is 8.27. The van der Waals surface area contributed by atoms with Gasteiger partial charge in [0, 0.05) is 17.1 Å². The maximum Gasteiger partial charge on any atom is 0.0494 e. The van der Waals surface area contributed by atoms with E-state index in [1.807, 2.05) is 0 Å². The van der Waals surface area contributed by atoms with Crippen molar-refractivity contribution in [3.05, 3.63) is 187 Å². The van der Waals surface area contributed by atoms with Gasteiger partial charge >= 0.3 is 0 Å². The van der Waals surface area contributed by atoms with E-state index in [1.54, 1.807) is 0 Å². The highest BCUT2D eigenvalue weighted by atomic mass is 15.1. The molecule has 49 heavy (non-hydrogen) atoms. The van der Waals surface area contributed by atoms with Gasteiger partial charge in [-0.25, -0.2) is 0 Å². The lowest BCUT2D eigenvalue weighted by atomic mass is 9.85. The summed E-state index contributed by atoms with van der Waals surface area (Å²) in [4.78, 5) is 2.45. The van der Waals surface area contributed by atoms with Crippen LogP contribution in [0.15, 0.2) is 176 Å². The summed E-state index contributed by atoms with van der Waals surface area (Å²) >= 11 is 0. The molecule has 0 fully saturated rings. The van der Waals surface area contributed by atoms with E-state index in [2.05, 4.69) is 181 Å². The quantitative estimate of drug-likeness (QED) is 0.140. The molecule has 1 aliphatic heterocycles. The number of para-hydroxylation sites is 2. The molecule has 0 bridgehead atoms. The number of nitrogens with zero attached hydrogens (tertiary/aromatic N) is 1. The van der Waals surface area contributed by atoms with E-state index in [0.717, 1.165) is 12.8 Å². The molecule has 0 saturated carbocycles. The molecule has 0 N–H and O–H groups in total. The van der Waals surface area contributed by atoms with Crippen molar-refractivity contribution in [3.63, 3.8) is 0 Å². The van der Waals surface area contributed by atoms with Gasteiger partial charge in [0.15, 0.2) is 0 Å². The Bertz CT molecular complexity index is 2660. The molecule has 0 amide bonds. The third-order valence-electron chi connectivity index (χ3n) is 10.5. The number of fused-ring (bicyclic) bond motifs is 7. The second kappa shape index (κ2) is 11.2. The Balaban J connectivity index is 1.19. The third-order valence-corrected chi connectivity index (χ3v) is 10.5. The lowest BCUT2D eigenvalue weighted by Crippen LogP contribution is -2.11. The molecule has 10 rings (SSSR count). The van der Waals surface area contributed by atoms with Gasteiger partial charge in [0.25, 0.3) is 0 Å². The van der Waals surface area contributed by atoms with Crippen molar-refractivity contribution in [2.24, 2.45) is 0 Å². The largest absolute Gasteiger partial charge is 0.310 e. The molecule has 1 aliphatic rings. The van der Waals surface area contributed by atoms with E-state index in [-0.39, 0.29) is 0 Å². The summed E-state index contributed by atoms with van der Waals surface area (Å²) < 4.78 is 0. The maximum absolute atomic E-state index is 2.46. The van der Waals surface area contributed by atoms with Crippen LogP contribution in [0.5, 0.6) is 0 Å². The number of benzene rings is 9. The standard InChI is InChI=1S/C48H33N/c1-2-14-38(15-3-1)49-45-21-11-5-13-33(45)23-25-35-31-37(27-29-46(35)49)48-43-19-9-7-17-41(43)47(42-18-8-10-20-44(42)48)36-26-28-40-34(30-36)24-22-32-12-4-6-16-39(32)40/h1-22,24,26-31H,23,25H2. The van der Waals surface area contributed by atoms with Crippen LogP contribution in [0, 0.1) is 0 Å². The minimum atomic E-state index is 0.989. The average Bonchev–Trinajstić information content (AvgIpc) is 3.33. The van der Waals surface area contributed by atoms with Crippen molar-refractivity contribution < 1.29 is 0 Å². The molecule has 9 aromatic rings. The van der Waals surface area contributed by atoms with Crippen LogP contribution in [0.3, 0.4) is 0 Å². The van der Waals surface area contributed by atoms with E-state index in [0.29, 0.717) is 0 Å². The maximum atomic E-state index is 2.46. The van der Waals surface area contributed by atoms with Crippen LogP contribution in [-0.4, -0.2) is 0 Å². The van der Waals surface area contributed by atoms with Gasteiger partial charge < -0.3 is 4.90 Å². The zero-order valence-electron chi connectivity index (χ0n) is 27.1. The van der Waals surface area contributed by atoms with Gasteiger partial charge in [-0.2, -0.15) is 0 Å². The van der Waals surface area contributed by atoms with E-state index >= 15 is 0 Å². The van der Waals surface area contributed by atoms with Gasteiger partial charge in [0.1, 0.15) is 0 Å². The Hall–Kier alpha value is -6.18. The topological polar surface area (TPSA) is 3.24 Å². The fraction of sp³-hybridized carbons (Fsp3) is 0.0417. The van der Waals surface area contributed by atoms with Crippen LogP contribution in [-0.2, 0) is 12.8 Å². The Labute approximate surface area is 286 Å². The van der Waals surface area contributed by atoms with E-state index < -0.39 is 0 Å². The van der Waals surface area contributed by atoms with E-state index in [9.17, 15) is 0 Å². The Morgan fingerprint density at radius 3 is 1.57 bits per heavy atom. The van der Waals surface area contributed by atoms with Crippen molar-refractivity contribution in [2.45, 2.75) is 12.8 Å². The first-order valence-electron chi connectivity index (χ1n) is 17.2. The summed E-state index contributed by atoms with van der Waals surface area (Å²) in [7, 11) is 0. The van der Waals surface area contributed by atoms with Crippen molar-refractivity contribution in [3.8, 4) is 22.3 Å². The Morgan fingerprint density at radius 2 is 0.837 bits per heavy atom. The van der Waals surface area contributed by atoms with Crippen molar-refractivity contribution in [1.82, 2.24) is 0 Å². The van der Waals surface area contributed by atoms with E-state index in [4.69, 9.17) is 0 Å². The summed E-state index contributed by atoms with van der Waals surface area (Å²) in [6.45, 7) is 0. The summed E-state index contributed by atoms with van der Waals surface area (Å²) in [6, 6.07) is 65.0. The monoisotopic (exact) mass is 623 g/mol. The van der Waals surface area contributed by atoms with Gasteiger partial charge in [-0.3, -0.25) is 0 Å². The number of anilines is 3. The summed E-state index contributed by atoms with van der Waals surface area (Å²) in [5.74, 6) is 0. The van der Waals surface area contributed by atoms with Crippen LogP contribution in [0.1, 0.15) is 11.1 Å². The van der Waals surface area contributed by atoms with Crippen molar-refractivity contribution >= 4 is 60.2 Å². The minimum Gasteiger partial charge on any atom is -0.310 e. The lowest BCUT2D eigenvalue weighted by Gasteiger charge is -2.27. The fourth-order valence-corrected chi connectivity index (χ4v) is 8.27. The number of hydrogen-bond acceptors (Lipinski definition) is 1. The Morgan fingerprint density at radius 1 is 0.327 bits per heavy atom. The molecule has 0 unspecified atom stereocenters.